The molecule has 126 valence electrons. The molecule has 1 aromatic heterocycles. The van der Waals surface area contributed by atoms with Crippen LogP contribution in [0.25, 0.3) is 5.57 Å². The maximum Gasteiger partial charge on any atom is 0.305 e. The van der Waals surface area contributed by atoms with Crippen molar-refractivity contribution in [1.29, 1.82) is 0 Å². The normalized spacial score (nSPS) is 10.1. The highest BCUT2D eigenvalue weighted by molar-refractivity contribution is 5.74. The fraction of sp³-hybridized carbons (Fsp3) is 0.263. The van der Waals surface area contributed by atoms with Crippen molar-refractivity contribution < 1.29 is 14.3 Å². The van der Waals surface area contributed by atoms with Crippen molar-refractivity contribution in [1.82, 2.24) is 4.98 Å². The molecule has 5 nitrogen and oxygen atoms in total. The summed E-state index contributed by atoms with van der Waals surface area (Å²) in [6.07, 6.45) is 2.65. The Kier molecular flexibility index (Phi) is 6.37. The van der Waals surface area contributed by atoms with Crippen molar-refractivity contribution in [3.8, 4) is 5.75 Å². The molecule has 0 aliphatic rings. The Bertz CT molecular complexity index is 713. The number of methoxy groups -OCH3 is 2. The number of nitrogens with one attached hydrogen (secondary N) is 1. The summed E-state index contributed by atoms with van der Waals surface area (Å²) in [7, 11) is 3.02. The molecule has 0 unspecified atom stereocenters. The minimum Gasteiger partial charge on any atom is -0.495 e. The SMILES string of the molecule is C=C(CCC(=O)OC)c1cccc(NCc2ncccc2OC)c1. The highest BCUT2D eigenvalue weighted by Crippen LogP contribution is 2.22. The molecule has 5 heteroatoms. The highest BCUT2D eigenvalue weighted by Gasteiger charge is 2.06. The van der Waals surface area contributed by atoms with Gasteiger partial charge in [0.2, 0.25) is 0 Å². The van der Waals surface area contributed by atoms with Crippen LogP contribution in [0.3, 0.4) is 0 Å². The molecule has 0 saturated heterocycles. The Labute approximate surface area is 142 Å². The lowest BCUT2D eigenvalue weighted by Crippen LogP contribution is -2.04. The molecule has 0 spiro atoms. The van der Waals surface area contributed by atoms with Gasteiger partial charge in [0.1, 0.15) is 11.4 Å². The predicted octanol–water partition coefficient (Wildman–Crippen LogP) is 3.67. The van der Waals surface area contributed by atoms with Gasteiger partial charge in [0.25, 0.3) is 0 Å². The zero-order valence-corrected chi connectivity index (χ0v) is 14.0. The van der Waals surface area contributed by atoms with E-state index in [0.717, 1.165) is 28.3 Å². The molecular weight excluding hydrogens is 304 g/mol. The molecule has 1 aromatic carbocycles. The van der Waals surface area contributed by atoms with Crippen molar-refractivity contribution in [3.63, 3.8) is 0 Å². The van der Waals surface area contributed by atoms with E-state index in [9.17, 15) is 4.79 Å². The third kappa shape index (κ3) is 4.84. The number of pyridine rings is 1. The number of carbonyl (C=O) groups is 1. The van der Waals surface area contributed by atoms with Crippen molar-refractivity contribution in [2.45, 2.75) is 19.4 Å². The third-order valence-electron chi connectivity index (χ3n) is 3.66. The minimum absolute atomic E-state index is 0.229. The molecular formula is C19H22N2O3. The molecule has 0 fully saturated rings. The number of rotatable bonds is 8. The number of hydrogen-bond acceptors (Lipinski definition) is 5. The van der Waals surface area contributed by atoms with Gasteiger partial charge < -0.3 is 14.8 Å². The minimum atomic E-state index is -0.229. The fourth-order valence-electron chi connectivity index (χ4n) is 2.28. The highest BCUT2D eigenvalue weighted by atomic mass is 16.5. The quantitative estimate of drug-likeness (QED) is 0.750. The number of esters is 1. The summed E-state index contributed by atoms with van der Waals surface area (Å²) in [6.45, 7) is 4.61. The van der Waals surface area contributed by atoms with Gasteiger partial charge in [-0.1, -0.05) is 18.7 Å². The first-order chi connectivity index (χ1) is 11.6. The van der Waals surface area contributed by atoms with Crippen molar-refractivity contribution in [3.05, 3.63) is 60.4 Å². The summed E-state index contributed by atoms with van der Waals surface area (Å²) in [5.74, 6) is 0.524. The second-order valence-electron chi connectivity index (χ2n) is 5.27. The second kappa shape index (κ2) is 8.72. The Morgan fingerprint density at radius 2 is 2.04 bits per heavy atom. The molecule has 0 aliphatic heterocycles. The van der Waals surface area contributed by atoms with E-state index >= 15 is 0 Å². The third-order valence-corrected chi connectivity index (χ3v) is 3.66. The molecule has 2 rings (SSSR count). The van der Waals surface area contributed by atoms with Gasteiger partial charge >= 0.3 is 5.97 Å². The van der Waals surface area contributed by atoms with E-state index in [0.29, 0.717) is 19.4 Å². The first kappa shape index (κ1) is 17.5. The standard InChI is InChI=1S/C19H22N2O3/c1-14(9-10-19(22)24-3)15-6-4-7-16(12-15)21-13-17-18(23-2)8-5-11-20-17/h4-8,11-12,21H,1,9-10,13H2,2-3H3. The maximum absolute atomic E-state index is 11.2. The van der Waals surface area contributed by atoms with Gasteiger partial charge in [0.05, 0.1) is 20.8 Å². The molecule has 0 atom stereocenters. The molecule has 2 aromatic rings. The summed E-state index contributed by atoms with van der Waals surface area (Å²) >= 11 is 0. The van der Waals surface area contributed by atoms with Gasteiger partial charge in [-0.3, -0.25) is 9.78 Å². The molecule has 0 aliphatic carbocycles. The van der Waals surface area contributed by atoms with Gasteiger partial charge in [-0.05, 0) is 41.8 Å². The van der Waals surface area contributed by atoms with Crippen LogP contribution in [-0.2, 0) is 16.1 Å². The van der Waals surface area contributed by atoms with Gasteiger partial charge in [0.15, 0.2) is 0 Å². The fourth-order valence-corrected chi connectivity index (χ4v) is 2.28. The van der Waals surface area contributed by atoms with E-state index in [-0.39, 0.29) is 5.97 Å². The average molecular weight is 326 g/mol. The number of benzene rings is 1. The number of carbonyl (C=O) groups excluding carboxylic acids is 1. The van der Waals surface area contributed by atoms with E-state index in [2.05, 4.69) is 21.6 Å². The number of allylic oxidation sites excluding steroid dienone is 1. The second-order valence-corrected chi connectivity index (χ2v) is 5.27. The van der Waals surface area contributed by atoms with Gasteiger partial charge in [0, 0.05) is 18.3 Å². The van der Waals surface area contributed by atoms with Crippen LogP contribution in [0.2, 0.25) is 0 Å². The molecule has 0 amide bonds. The lowest BCUT2D eigenvalue weighted by Gasteiger charge is -2.11. The van der Waals surface area contributed by atoms with Crippen molar-refractivity contribution >= 4 is 17.2 Å². The monoisotopic (exact) mass is 326 g/mol. The number of ether oxygens (including phenoxy) is 2. The number of hydrogen-bond donors (Lipinski definition) is 1. The smallest absolute Gasteiger partial charge is 0.305 e. The van der Waals surface area contributed by atoms with Crippen LogP contribution in [0.4, 0.5) is 5.69 Å². The molecule has 1 heterocycles. The number of nitrogens with zero attached hydrogens (tertiary/aromatic N) is 1. The first-order valence-corrected chi connectivity index (χ1v) is 7.71. The summed E-state index contributed by atoms with van der Waals surface area (Å²) in [6, 6.07) is 11.6. The van der Waals surface area contributed by atoms with Crippen LogP contribution < -0.4 is 10.1 Å². The molecule has 1 N–H and O–H groups in total. The van der Waals surface area contributed by atoms with Crippen LogP contribution in [0, 0.1) is 0 Å². The summed E-state index contributed by atoms with van der Waals surface area (Å²) in [4.78, 5) is 15.6. The van der Waals surface area contributed by atoms with Crippen LogP contribution in [0.1, 0.15) is 24.1 Å². The topological polar surface area (TPSA) is 60.5 Å². The lowest BCUT2D eigenvalue weighted by molar-refractivity contribution is -0.140. The van der Waals surface area contributed by atoms with E-state index in [4.69, 9.17) is 4.74 Å². The Hall–Kier alpha value is -2.82. The first-order valence-electron chi connectivity index (χ1n) is 7.71. The van der Waals surface area contributed by atoms with Crippen molar-refractivity contribution in [2.24, 2.45) is 0 Å². The summed E-state index contributed by atoms with van der Waals surface area (Å²) < 4.78 is 9.96. The Morgan fingerprint density at radius 1 is 1.21 bits per heavy atom. The zero-order valence-electron chi connectivity index (χ0n) is 14.0. The van der Waals surface area contributed by atoms with Crippen LogP contribution in [-0.4, -0.2) is 25.2 Å². The number of anilines is 1. The van der Waals surface area contributed by atoms with E-state index in [1.54, 1.807) is 13.3 Å². The average Bonchev–Trinajstić information content (AvgIpc) is 2.64. The van der Waals surface area contributed by atoms with Gasteiger partial charge in [-0.15, -0.1) is 0 Å². The van der Waals surface area contributed by atoms with Gasteiger partial charge in [-0.2, -0.15) is 0 Å². The van der Waals surface area contributed by atoms with Crippen molar-refractivity contribution in [2.75, 3.05) is 19.5 Å². The summed E-state index contributed by atoms with van der Waals surface area (Å²) in [5, 5.41) is 3.33. The van der Waals surface area contributed by atoms with Crippen LogP contribution in [0.5, 0.6) is 5.75 Å². The van der Waals surface area contributed by atoms with Crippen LogP contribution >= 0.6 is 0 Å². The van der Waals surface area contributed by atoms with E-state index < -0.39 is 0 Å². The molecule has 0 radical (unpaired) electrons. The van der Waals surface area contributed by atoms with E-state index in [1.165, 1.54) is 7.11 Å². The van der Waals surface area contributed by atoms with E-state index in [1.807, 2.05) is 36.4 Å². The Balaban J connectivity index is 1.99. The number of aromatic nitrogens is 1. The largest absolute Gasteiger partial charge is 0.495 e. The molecule has 0 saturated carbocycles. The van der Waals surface area contributed by atoms with Crippen LogP contribution in [0.15, 0.2) is 49.2 Å². The Morgan fingerprint density at radius 3 is 2.79 bits per heavy atom. The predicted molar refractivity (Wildman–Crippen MR) is 94.8 cm³/mol. The maximum atomic E-state index is 11.2. The van der Waals surface area contributed by atoms with Gasteiger partial charge in [-0.25, -0.2) is 0 Å². The summed E-state index contributed by atoms with van der Waals surface area (Å²) in [5.41, 5.74) is 3.70. The zero-order chi connectivity index (χ0) is 17.4. The molecule has 24 heavy (non-hydrogen) atoms. The molecule has 0 bridgehead atoms. The lowest BCUT2D eigenvalue weighted by atomic mass is 10.0.